The van der Waals surface area contributed by atoms with E-state index in [4.69, 9.17) is 5.10 Å². The lowest BCUT2D eigenvalue weighted by Crippen LogP contribution is -2.54. The number of para-hydroxylation sites is 1. The average molecular weight is 548 g/mol. The predicted molar refractivity (Wildman–Crippen MR) is 148 cm³/mol. The van der Waals surface area contributed by atoms with E-state index in [2.05, 4.69) is 45.6 Å². The number of halogens is 1. The van der Waals surface area contributed by atoms with Gasteiger partial charge in [-0.05, 0) is 58.7 Å². The molecule has 1 heterocycles. The molecule has 1 aliphatic heterocycles. The number of benzene rings is 4. The van der Waals surface area contributed by atoms with E-state index in [-0.39, 0.29) is 17.7 Å². The van der Waals surface area contributed by atoms with E-state index in [1.165, 1.54) is 4.90 Å². The fourth-order valence-corrected chi connectivity index (χ4v) is 6.88. The van der Waals surface area contributed by atoms with Crippen molar-refractivity contribution in [2.75, 3.05) is 10.3 Å². The molecule has 4 aromatic carbocycles. The fraction of sp³-hybridized carbons (Fsp3) is 0.129. The molecule has 0 spiro atoms. The van der Waals surface area contributed by atoms with E-state index in [1.807, 2.05) is 85.1 Å². The van der Waals surface area contributed by atoms with Gasteiger partial charge in [-0.15, -0.1) is 0 Å². The Morgan fingerprint density at radius 1 is 0.757 bits per heavy atom. The van der Waals surface area contributed by atoms with Gasteiger partial charge in [-0.1, -0.05) is 82.7 Å². The molecular formula is C31H22BrN3O2. The molecule has 2 amide bonds. The Hall–Kier alpha value is -4.03. The Labute approximate surface area is 223 Å². The van der Waals surface area contributed by atoms with Crippen molar-refractivity contribution >= 4 is 45.3 Å². The number of nitrogens with zero attached hydrogens (tertiary/aromatic N) is 2. The molecule has 1 N–H and O–H groups in total. The first-order valence-corrected chi connectivity index (χ1v) is 13.1. The number of hydrogen-bond acceptors (Lipinski definition) is 4. The minimum Gasteiger partial charge on any atom is -0.279 e. The van der Waals surface area contributed by atoms with E-state index in [0.29, 0.717) is 5.69 Å². The lowest BCUT2D eigenvalue weighted by molar-refractivity contribution is -0.122. The highest BCUT2D eigenvalue weighted by atomic mass is 79.9. The van der Waals surface area contributed by atoms with Crippen LogP contribution in [-0.2, 0) is 15.0 Å². The number of carbonyl (C=O) groups is 2. The third kappa shape index (κ3) is 3.05. The minimum atomic E-state index is -0.884. The smallest absolute Gasteiger partial charge is 0.239 e. The topological polar surface area (TPSA) is 61.8 Å². The number of nitrogens with one attached hydrogen (secondary N) is 1. The van der Waals surface area contributed by atoms with Crippen molar-refractivity contribution < 1.29 is 9.59 Å². The largest absolute Gasteiger partial charge is 0.279 e. The lowest BCUT2D eigenvalue weighted by Gasteiger charge is -2.52. The van der Waals surface area contributed by atoms with Gasteiger partial charge in [-0.3, -0.25) is 15.0 Å². The first kappa shape index (κ1) is 22.2. The van der Waals surface area contributed by atoms with Crippen molar-refractivity contribution in [1.29, 1.82) is 0 Å². The maximum atomic E-state index is 14.3. The van der Waals surface area contributed by atoms with Crippen LogP contribution < -0.4 is 10.3 Å². The second-order valence-electron chi connectivity index (χ2n) is 9.75. The van der Waals surface area contributed by atoms with Crippen LogP contribution in [0.2, 0.25) is 0 Å². The van der Waals surface area contributed by atoms with Gasteiger partial charge in [0.05, 0.1) is 28.6 Å². The maximum Gasteiger partial charge on any atom is 0.239 e. The number of hydrazone groups is 1. The molecule has 180 valence electrons. The highest BCUT2D eigenvalue weighted by molar-refractivity contribution is 9.10. The van der Waals surface area contributed by atoms with Gasteiger partial charge in [0.15, 0.2) is 0 Å². The van der Waals surface area contributed by atoms with Crippen molar-refractivity contribution in [3.63, 3.8) is 0 Å². The summed E-state index contributed by atoms with van der Waals surface area (Å²) in [5.41, 5.74) is 7.96. The van der Waals surface area contributed by atoms with Gasteiger partial charge in [0, 0.05) is 16.6 Å². The number of amides is 2. The molecule has 5 nitrogen and oxygen atoms in total. The fourth-order valence-electron chi connectivity index (χ4n) is 6.62. The third-order valence-corrected chi connectivity index (χ3v) is 8.53. The van der Waals surface area contributed by atoms with Crippen LogP contribution in [0.4, 0.5) is 11.4 Å². The summed E-state index contributed by atoms with van der Waals surface area (Å²) in [6.07, 6.45) is 1.86. The molecule has 4 aliphatic rings. The van der Waals surface area contributed by atoms with Gasteiger partial charge in [0.1, 0.15) is 0 Å². The zero-order valence-electron chi connectivity index (χ0n) is 19.7. The van der Waals surface area contributed by atoms with Crippen LogP contribution in [-0.4, -0.2) is 18.0 Å². The van der Waals surface area contributed by atoms with Crippen molar-refractivity contribution in [2.24, 2.45) is 16.9 Å². The normalized spacial score (nSPS) is 25.2. The molecule has 0 aromatic heterocycles. The van der Waals surface area contributed by atoms with Gasteiger partial charge in [-0.2, -0.15) is 5.10 Å². The van der Waals surface area contributed by atoms with Gasteiger partial charge < -0.3 is 0 Å². The minimum absolute atomic E-state index is 0.153. The van der Waals surface area contributed by atoms with Gasteiger partial charge >= 0.3 is 0 Å². The van der Waals surface area contributed by atoms with Crippen LogP contribution in [0.3, 0.4) is 0 Å². The zero-order chi connectivity index (χ0) is 25.1. The number of imide groups is 1. The second-order valence-corrected chi connectivity index (χ2v) is 10.7. The molecule has 0 radical (unpaired) electrons. The van der Waals surface area contributed by atoms with Crippen LogP contribution in [0.1, 0.15) is 28.2 Å². The van der Waals surface area contributed by atoms with E-state index < -0.39 is 17.3 Å². The Balaban J connectivity index is 1.45. The van der Waals surface area contributed by atoms with E-state index in [9.17, 15) is 9.59 Å². The molecule has 4 aromatic rings. The van der Waals surface area contributed by atoms with Crippen LogP contribution in [0.25, 0.3) is 0 Å². The molecule has 6 heteroatoms. The third-order valence-electron chi connectivity index (χ3n) is 8.00. The van der Waals surface area contributed by atoms with Crippen molar-refractivity contribution in [3.05, 3.63) is 130 Å². The standard InChI is InChI=1S/C31H22BrN3O2/c32-19-14-16-21(17-15-19)35-29(36)27-26-22-10-4-6-12-24(22)31(28(27)30(35)37,25-13-7-5-11-23(25)26)18-33-34-20-8-2-1-3-9-20/h1-18,26-28,34H/b33-18-/t26?,27-,28+,31?/m1/s1. The quantitative estimate of drug-likeness (QED) is 0.191. The SMILES string of the molecule is O=C1[C@@H]2C3c4ccccc4C(/C=N\Nc4ccccc4)(c4ccccc43)[C@@H]2C(=O)N1c1ccc(Br)cc1. The molecule has 0 unspecified atom stereocenters. The van der Waals surface area contributed by atoms with Gasteiger partial charge in [0.25, 0.3) is 0 Å². The number of anilines is 2. The van der Waals surface area contributed by atoms with E-state index in [0.717, 1.165) is 32.4 Å². The van der Waals surface area contributed by atoms with Crippen molar-refractivity contribution in [1.82, 2.24) is 0 Å². The number of hydrogen-bond donors (Lipinski definition) is 1. The summed E-state index contributed by atoms with van der Waals surface area (Å²) in [5.74, 6) is -1.63. The lowest BCUT2D eigenvalue weighted by atomic mass is 9.47. The Bertz CT molecular complexity index is 1530. The summed E-state index contributed by atoms with van der Waals surface area (Å²) in [4.78, 5) is 29.8. The van der Waals surface area contributed by atoms with E-state index in [1.54, 1.807) is 0 Å². The summed E-state index contributed by atoms with van der Waals surface area (Å²) in [6.45, 7) is 0. The first-order valence-electron chi connectivity index (χ1n) is 12.3. The number of rotatable bonds is 4. The van der Waals surface area contributed by atoms with Crippen molar-refractivity contribution in [2.45, 2.75) is 11.3 Å². The van der Waals surface area contributed by atoms with Gasteiger partial charge in [-0.25, -0.2) is 4.90 Å². The van der Waals surface area contributed by atoms with Crippen LogP contribution in [0.15, 0.2) is 113 Å². The van der Waals surface area contributed by atoms with Crippen LogP contribution in [0, 0.1) is 11.8 Å². The summed E-state index contributed by atoms with van der Waals surface area (Å²) >= 11 is 3.46. The first-order chi connectivity index (χ1) is 18.1. The highest BCUT2D eigenvalue weighted by Gasteiger charge is 2.68. The Morgan fingerprint density at radius 3 is 2.00 bits per heavy atom. The monoisotopic (exact) mass is 547 g/mol. The van der Waals surface area contributed by atoms with Gasteiger partial charge in [0.2, 0.25) is 11.8 Å². The van der Waals surface area contributed by atoms with Crippen molar-refractivity contribution in [3.8, 4) is 0 Å². The summed E-state index contributed by atoms with van der Waals surface area (Å²) < 4.78 is 0.892. The molecule has 8 rings (SSSR count). The summed E-state index contributed by atoms with van der Waals surface area (Å²) in [7, 11) is 0. The molecule has 1 fully saturated rings. The number of carbonyl (C=O) groups excluding carboxylic acids is 2. The van der Waals surface area contributed by atoms with Crippen LogP contribution in [0.5, 0.6) is 0 Å². The average Bonchev–Trinajstić information content (AvgIpc) is 3.21. The molecule has 2 atom stereocenters. The molecule has 2 bridgehead atoms. The maximum absolute atomic E-state index is 14.3. The molecular weight excluding hydrogens is 526 g/mol. The zero-order valence-corrected chi connectivity index (χ0v) is 21.3. The highest BCUT2D eigenvalue weighted by Crippen LogP contribution is 2.63. The molecule has 3 aliphatic carbocycles. The molecule has 0 saturated carbocycles. The Kier molecular flexibility index (Phi) is 4.95. The summed E-state index contributed by atoms with van der Waals surface area (Å²) in [5, 5.41) is 4.70. The predicted octanol–water partition coefficient (Wildman–Crippen LogP) is 6.10. The Morgan fingerprint density at radius 2 is 1.35 bits per heavy atom. The summed E-state index contributed by atoms with van der Waals surface area (Å²) in [6, 6.07) is 33.5. The van der Waals surface area contributed by atoms with Crippen LogP contribution >= 0.6 is 15.9 Å². The molecule has 1 saturated heterocycles. The van der Waals surface area contributed by atoms with E-state index >= 15 is 0 Å². The molecule has 37 heavy (non-hydrogen) atoms. The second kappa shape index (κ2) is 8.25.